The summed E-state index contributed by atoms with van der Waals surface area (Å²) in [4.78, 5) is 3.88. The van der Waals surface area contributed by atoms with Crippen LogP contribution in [0.4, 0.5) is 0 Å². The Morgan fingerprint density at radius 2 is 1.19 bits per heavy atom. The Labute approximate surface area is 164 Å². The number of ether oxygens (including phenoxy) is 3. The summed E-state index contributed by atoms with van der Waals surface area (Å²) in [6, 6.07) is 29.6. The Balaban J connectivity index is 1.69. The molecule has 0 atom stereocenters. The van der Waals surface area contributed by atoms with E-state index in [-0.39, 0.29) is 10.9 Å². The molecule has 140 valence electrons. The van der Waals surface area contributed by atoms with Gasteiger partial charge in [-0.3, -0.25) is 0 Å². The minimum absolute atomic E-state index is 0.131. The van der Waals surface area contributed by atoms with E-state index in [0.29, 0.717) is 26.6 Å². The third-order valence-corrected chi connectivity index (χ3v) is 6.12. The van der Waals surface area contributed by atoms with Crippen LogP contribution >= 0.6 is 0 Å². The van der Waals surface area contributed by atoms with Gasteiger partial charge in [-0.05, 0) is 55.5 Å². The molecule has 0 saturated carbocycles. The van der Waals surface area contributed by atoms with Gasteiger partial charge in [0.15, 0.2) is 14.7 Å². The summed E-state index contributed by atoms with van der Waals surface area (Å²) >= 11 is 0. The zero-order valence-corrected chi connectivity index (χ0v) is 16.4. The van der Waals surface area contributed by atoms with Gasteiger partial charge in [0.1, 0.15) is 19.1 Å². The van der Waals surface area contributed by atoms with Crippen molar-refractivity contribution in [2.75, 3.05) is 26.6 Å². The van der Waals surface area contributed by atoms with Gasteiger partial charge in [0.2, 0.25) is 0 Å². The molecule has 0 bridgehead atoms. The fourth-order valence-corrected chi connectivity index (χ4v) is 4.70. The fourth-order valence-electron chi connectivity index (χ4n) is 2.61. The molecule has 3 nitrogen and oxygen atoms in total. The molecule has 0 spiro atoms. The van der Waals surface area contributed by atoms with Crippen molar-refractivity contribution < 1.29 is 14.2 Å². The van der Waals surface area contributed by atoms with Crippen LogP contribution in [0.2, 0.25) is 0 Å². The van der Waals surface area contributed by atoms with E-state index in [1.807, 2.05) is 19.1 Å². The lowest BCUT2D eigenvalue weighted by Crippen LogP contribution is -2.09. The molecule has 0 fully saturated rings. The first-order valence-electron chi connectivity index (χ1n) is 9.11. The van der Waals surface area contributed by atoms with Gasteiger partial charge in [-0.15, -0.1) is 0 Å². The molecular weight excluding hydrogens is 356 g/mol. The molecule has 3 aromatic carbocycles. The van der Waals surface area contributed by atoms with Crippen molar-refractivity contribution in [2.24, 2.45) is 0 Å². The minimum Gasteiger partial charge on any atom is -0.491 e. The molecule has 0 aliphatic heterocycles. The number of rotatable bonds is 10. The molecule has 0 radical (unpaired) electrons. The summed E-state index contributed by atoms with van der Waals surface area (Å²) in [5, 5.41) is 0. The average molecular weight is 382 g/mol. The normalized spacial score (nSPS) is 10.9. The van der Waals surface area contributed by atoms with Gasteiger partial charge in [0.05, 0.1) is 17.5 Å². The molecule has 0 N–H and O–H groups in total. The standard InChI is InChI=1S/C23H25O3S/c1-2-24-19-25-17-18-26-20-13-15-23(16-14-20)27(21-9-5-3-6-10-21)22-11-7-4-8-12-22/h3-16H,2,17-19H2,1H3/q+1. The molecule has 27 heavy (non-hydrogen) atoms. The van der Waals surface area contributed by atoms with Gasteiger partial charge in [0.25, 0.3) is 0 Å². The van der Waals surface area contributed by atoms with Crippen molar-refractivity contribution in [2.45, 2.75) is 21.6 Å². The van der Waals surface area contributed by atoms with Gasteiger partial charge in [-0.2, -0.15) is 0 Å². The van der Waals surface area contributed by atoms with E-state index in [1.165, 1.54) is 14.7 Å². The van der Waals surface area contributed by atoms with Crippen molar-refractivity contribution in [3.05, 3.63) is 84.9 Å². The highest BCUT2D eigenvalue weighted by molar-refractivity contribution is 7.97. The number of hydrogen-bond donors (Lipinski definition) is 0. The molecule has 0 unspecified atom stereocenters. The topological polar surface area (TPSA) is 27.7 Å². The molecule has 3 aromatic rings. The van der Waals surface area contributed by atoms with E-state index in [2.05, 4.69) is 72.8 Å². The molecule has 3 rings (SSSR count). The third-order valence-electron chi connectivity index (χ3n) is 3.88. The van der Waals surface area contributed by atoms with Crippen molar-refractivity contribution >= 4 is 10.9 Å². The van der Waals surface area contributed by atoms with E-state index in [0.717, 1.165) is 5.75 Å². The predicted molar refractivity (Wildman–Crippen MR) is 109 cm³/mol. The summed E-state index contributed by atoms with van der Waals surface area (Å²) < 4.78 is 16.2. The van der Waals surface area contributed by atoms with Crippen LogP contribution in [0.1, 0.15) is 6.92 Å². The van der Waals surface area contributed by atoms with Crippen LogP contribution in [0.25, 0.3) is 0 Å². The second-order valence-electron chi connectivity index (χ2n) is 5.77. The van der Waals surface area contributed by atoms with Crippen molar-refractivity contribution in [3.63, 3.8) is 0 Å². The predicted octanol–water partition coefficient (Wildman–Crippen LogP) is 5.17. The van der Waals surface area contributed by atoms with Crippen LogP contribution in [-0.2, 0) is 20.4 Å². The first kappa shape index (κ1) is 19.5. The van der Waals surface area contributed by atoms with Gasteiger partial charge in [-0.25, -0.2) is 0 Å². The van der Waals surface area contributed by atoms with E-state index < -0.39 is 0 Å². The lowest BCUT2D eigenvalue weighted by Gasteiger charge is -2.10. The quantitative estimate of drug-likeness (QED) is 0.275. The Hall–Kier alpha value is -2.27. The SMILES string of the molecule is CCOCOCCOc1ccc([S+](c2ccccc2)c2ccccc2)cc1. The maximum Gasteiger partial charge on any atom is 0.166 e. The van der Waals surface area contributed by atoms with Crippen LogP contribution in [0.3, 0.4) is 0 Å². The molecule has 0 saturated heterocycles. The van der Waals surface area contributed by atoms with E-state index in [1.54, 1.807) is 0 Å². The number of benzene rings is 3. The molecule has 0 aromatic heterocycles. The summed E-state index contributed by atoms with van der Waals surface area (Å²) in [6.45, 7) is 3.94. The van der Waals surface area contributed by atoms with Crippen molar-refractivity contribution in [1.82, 2.24) is 0 Å². The van der Waals surface area contributed by atoms with Crippen LogP contribution < -0.4 is 4.74 Å². The first-order valence-corrected chi connectivity index (χ1v) is 10.3. The highest BCUT2D eigenvalue weighted by Crippen LogP contribution is 2.31. The molecule has 0 heterocycles. The fraction of sp³-hybridized carbons (Fsp3) is 0.217. The zero-order chi connectivity index (χ0) is 18.7. The summed E-state index contributed by atoms with van der Waals surface area (Å²) in [5.74, 6) is 0.850. The Morgan fingerprint density at radius 3 is 1.74 bits per heavy atom. The number of hydrogen-bond acceptors (Lipinski definition) is 3. The second kappa shape index (κ2) is 10.8. The van der Waals surface area contributed by atoms with E-state index in [4.69, 9.17) is 14.2 Å². The molecule has 0 aliphatic rings. The van der Waals surface area contributed by atoms with Gasteiger partial charge >= 0.3 is 0 Å². The Morgan fingerprint density at radius 1 is 0.630 bits per heavy atom. The summed E-state index contributed by atoms with van der Waals surface area (Å²) in [5.41, 5.74) is 0. The average Bonchev–Trinajstić information content (AvgIpc) is 2.73. The molecule has 0 aliphatic carbocycles. The zero-order valence-electron chi connectivity index (χ0n) is 15.5. The van der Waals surface area contributed by atoms with Crippen LogP contribution in [0.5, 0.6) is 5.75 Å². The largest absolute Gasteiger partial charge is 0.491 e. The van der Waals surface area contributed by atoms with Crippen molar-refractivity contribution in [3.8, 4) is 5.75 Å². The summed E-state index contributed by atoms with van der Waals surface area (Å²) in [6.07, 6.45) is 0. The summed E-state index contributed by atoms with van der Waals surface area (Å²) in [7, 11) is -0.131. The minimum atomic E-state index is -0.131. The molecular formula is C23H25O3S+. The van der Waals surface area contributed by atoms with Crippen LogP contribution in [0, 0.1) is 0 Å². The van der Waals surface area contributed by atoms with E-state index in [9.17, 15) is 0 Å². The smallest absolute Gasteiger partial charge is 0.166 e. The maximum absolute atomic E-state index is 5.75. The van der Waals surface area contributed by atoms with Gasteiger partial charge in [-0.1, -0.05) is 36.4 Å². The van der Waals surface area contributed by atoms with Crippen LogP contribution in [-0.4, -0.2) is 26.6 Å². The maximum atomic E-state index is 5.75. The molecule has 4 heteroatoms. The highest BCUT2D eigenvalue weighted by Gasteiger charge is 2.28. The Bertz CT molecular complexity index is 736. The van der Waals surface area contributed by atoms with Crippen molar-refractivity contribution in [1.29, 1.82) is 0 Å². The van der Waals surface area contributed by atoms with Crippen LogP contribution in [0.15, 0.2) is 99.6 Å². The third kappa shape index (κ3) is 5.86. The Kier molecular flexibility index (Phi) is 7.78. The van der Waals surface area contributed by atoms with E-state index >= 15 is 0 Å². The first-order chi connectivity index (χ1) is 13.4. The molecule has 0 amide bonds. The van der Waals surface area contributed by atoms with Gasteiger partial charge < -0.3 is 14.2 Å². The lowest BCUT2D eigenvalue weighted by atomic mass is 10.3. The lowest BCUT2D eigenvalue weighted by molar-refractivity contribution is -0.0561. The monoisotopic (exact) mass is 381 g/mol. The highest BCUT2D eigenvalue weighted by atomic mass is 32.2. The van der Waals surface area contributed by atoms with Gasteiger partial charge in [0, 0.05) is 6.61 Å². The second-order valence-corrected chi connectivity index (χ2v) is 7.80.